The Hall–Kier alpha value is -3.12. The third kappa shape index (κ3) is 4.58. The molecule has 0 saturated carbocycles. The summed E-state index contributed by atoms with van der Waals surface area (Å²) in [5, 5.41) is 10.8. The van der Waals surface area contributed by atoms with Crippen molar-refractivity contribution in [2.24, 2.45) is 0 Å². The Morgan fingerprint density at radius 2 is 1.29 bits per heavy atom. The molecule has 0 spiro atoms. The highest BCUT2D eigenvalue weighted by molar-refractivity contribution is 5.89. The molecular formula is C22H17F3O3. The molecule has 2 atom stereocenters. The lowest BCUT2D eigenvalue weighted by Gasteiger charge is -2.24. The fraction of sp³-hybridized carbons (Fsp3) is 0.136. The van der Waals surface area contributed by atoms with Gasteiger partial charge in [0.2, 0.25) is 0 Å². The lowest BCUT2D eigenvalue weighted by atomic mass is 9.98. The maximum Gasteiger partial charge on any atom is 0.416 e. The van der Waals surface area contributed by atoms with Gasteiger partial charge in [0, 0.05) is 0 Å². The second-order valence-electron chi connectivity index (χ2n) is 6.17. The molecule has 0 amide bonds. The van der Waals surface area contributed by atoms with Crippen molar-refractivity contribution in [3.05, 3.63) is 107 Å². The van der Waals surface area contributed by atoms with Gasteiger partial charge in [-0.05, 0) is 35.4 Å². The fourth-order valence-corrected chi connectivity index (χ4v) is 2.76. The molecule has 3 aromatic carbocycles. The van der Waals surface area contributed by atoms with Crippen molar-refractivity contribution >= 4 is 5.97 Å². The summed E-state index contributed by atoms with van der Waals surface area (Å²) in [7, 11) is 0. The molecule has 0 aliphatic heterocycles. The molecule has 0 radical (unpaired) electrons. The van der Waals surface area contributed by atoms with Crippen molar-refractivity contribution in [2.45, 2.75) is 18.4 Å². The van der Waals surface area contributed by atoms with Gasteiger partial charge in [-0.15, -0.1) is 0 Å². The average Bonchev–Trinajstić information content (AvgIpc) is 2.72. The van der Waals surface area contributed by atoms with Crippen LogP contribution in [0.3, 0.4) is 0 Å². The first-order valence-corrected chi connectivity index (χ1v) is 8.52. The fourth-order valence-electron chi connectivity index (χ4n) is 2.76. The van der Waals surface area contributed by atoms with Crippen LogP contribution in [0, 0.1) is 0 Å². The molecule has 3 nitrogen and oxygen atoms in total. The van der Waals surface area contributed by atoms with Crippen LogP contribution in [0.4, 0.5) is 13.2 Å². The van der Waals surface area contributed by atoms with Gasteiger partial charge < -0.3 is 9.84 Å². The summed E-state index contributed by atoms with van der Waals surface area (Å²) in [6, 6.07) is 21.1. The van der Waals surface area contributed by atoms with Crippen molar-refractivity contribution < 1.29 is 27.8 Å². The van der Waals surface area contributed by atoms with Crippen LogP contribution in [0.2, 0.25) is 0 Å². The first-order valence-electron chi connectivity index (χ1n) is 8.52. The average molecular weight is 386 g/mol. The normalized spacial score (nSPS) is 13.6. The minimum atomic E-state index is -4.49. The van der Waals surface area contributed by atoms with Crippen LogP contribution in [0.25, 0.3) is 0 Å². The van der Waals surface area contributed by atoms with E-state index in [0.29, 0.717) is 11.1 Å². The van der Waals surface area contributed by atoms with Gasteiger partial charge in [-0.2, -0.15) is 13.2 Å². The molecule has 0 heterocycles. The first-order chi connectivity index (χ1) is 13.4. The Morgan fingerprint density at radius 3 is 1.79 bits per heavy atom. The predicted molar refractivity (Wildman–Crippen MR) is 97.4 cm³/mol. The maximum atomic E-state index is 12.7. The summed E-state index contributed by atoms with van der Waals surface area (Å²) in [6.07, 6.45) is -6.64. The molecule has 0 aliphatic rings. The highest BCUT2D eigenvalue weighted by Gasteiger charge is 2.31. The highest BCUT2D eigenvalue weighted by Crippen LogP contribution is 2.33. The number of rotatable bonds is 5. The zero-order valence-electron chi connectivity index (χ0n) is 14.6. The SMILES string of the molecule is O=C(O[C@H](c1ccccc1)[C@H](O)c1ccccc1)c1ccc(C(F)(F)F)cc1. The Balaban J connectivity index is 1.86. The van der Waals surface area contributed by atoms with E-state index >= 15 is 0 Å². The molecular weight excluding hydrogens is 369 g/mol. The van der Waals surface area contributed by atoms with E-state index in [1.807, 2.05) is 0 Å². The number of ether oxygens (including phenoxy) is 1. The number of alkyl halides is 3. The summed E-state index contributed by atoms with van der Waals surface area (Å²) in [5.41, 5.74) is 0.234. The molecule has 3 aromatic rings. The zero-order chi connectivity index (χ0) is 20.1. The van der Waals surface area contributed by atoms with E-state index in [1.54, 1.807) is 60.7 Å². The van der Waals surface area contributed by atoms with Crippen molar-refractivity contribution in [1.29, 1.82) is 0 Å². The maximum absolute atomic E-state index is 12.7. The summed E-state index contributed by atoms with van der Waals surface area (Å²) in [6.45, 7) is 0. The number of hydrogen-bond acceptors (Lipinski definition) is 3. The van der Waals surface area contributed by atoms with Gasteiger partial charge >= 0.3 is 12.1 Å². The van der Waals surface area contributed by atoms with E-state index < -0.39 is 29.9 Å². The number of halogens is 3. The molecule has 3 rings (SSSR count). The van der Waals surface area contributed by atoms with Gasteiger partial charge in [0.05, 0.1) is 11.1 Å². The molecule has 0 unspecified atom stereocenters. The number of esters is 1. The van der Waals surface area contributed by atoms with Crippen molar-refractivity contribution in [2.75, 3.05) is 0 Å². The van der Waals surface area contributed by atoms with Crippen LogP contribution in [-0.2, 0) is 10.9 Å². The second kappa shape index (κ2) is 8.27. The molecule has 1 N–H and O–H groups in total. The molecule has 0 bridgehead atoms. The summed E-state index contributed by atoms with van der Waals surface area (Å²) in [4.78, 5) is 12.5. The second-order valence-corrected chi connectivity index (χ2v) is 6.17. The lowest BCUT2D eigenvalue weighted by Crippen LogP contribution is -2.19. The largest absolute Gasteiger partial charge is 0.451 e. The Labute approximate surface area is 160 Å². The van der Waals surface area contributed by atoms with E-state index in [1.165, 1.54) is 0 Å². The van der Waals surface area contributed by atoms with Crippen LogP contribution in [-0.4, -0.2) is 11.1 Å². The Bertz CT molecular complexity index is 907. The van der Waals surface area contributed by atoms with Crippen molar-refractivity contribution in [1.82, 2.24) is 0 Å². The van der Waals surface area contributed by atoms with E-state index in [0.717, 1.165) is 24.3 Å². The zero-order valence-corrected chi connectivity index (χ0v) is 14.6. The van der Waals surface area contributed by atoms with E-state index in [4.69, 9.17) is 4.74 Å². The monoisotopic (exact) mass is 386 g/mol. The molecule has 0 aliphatic carbocycles. The summed E-state index contributed by atoms with van der Waals surface area (Å²) < 4.78 is 43.6. The molecule has 0 saturated heterocycles. The first kappa shape index (κ1) is 19.6. The van der Waals surface area contributed by atoms with Crippen LogP contribution in [0.15, 0.2) is 84.9 Å². The molecule has 6 heteroatoms. The minimum absolute atomic E-state index is 0.0332. The number of hydrogen-bond donors (Lipinski definition) is 1. The van der Waals surface area contributed by atoms with E-state index in [9.17, 15) is 23.1 Å². The van der Waals surface area contributed by atoms with E-state index in [-0.39, 0.29) is 5.56 Å². The van der Waals surface area contributed by atoms with Crippen molar-refractivity contribution in [3.8, 4) is 0 Å². The Kier molecular flexibility index (Phi) is 5.80. The Morgan fingerprint density at radius 1 is 0.786 bits per heavy atom. The highest BCUT2D eigenvalue weighted by atomic mass is 19.4. The predicted octanol–water partition coefficient (Wildman–Crippen LogP) is 5.34. The molecule has 144 valence electrons. The van der Waals surface area contributed by atoms with E-state index in [2.05, 4.69) is 0 Å². The van der Waals surface area contributed by atoms with Gasteiger partial charge in [0.1, 0.15) is 6.10 Å². The molecule has 28 heavy (non-hydrogen) atoms. The molecule has 0 fully saturated rings. The number of benzene rings is 3. The number of carbonyl (C=O) groups is 1. The standard InChI is InChI=1S/C22H17F3O3/c23-22(24,25)18-13-11-17(12-14-18)21(27)28-20(16-9-5-2-6-10-16)19(26)15-7-3-1-4-8-15/h1-14,19-20,26H/t19-,20-/m1/s1. The topological polar surface area (TPSA) is 46.5 Å². The van der Waals surface area contributed by atoms with Gasteiger partial charge in [0.25, 0.3) is 0 Å². The van der Waals surface area contributed by atoms with Crippen LogP contribution < -0.4 is 0 Å². The molecule has 0 aromatic heterocycles. The minimum Gasteiger partial charge on any atom is -0.451 e. The third-order valence-corrected chi connectivity index (χ3v) is 4.24. The van der Waals surface area contributed by atoms with Crippen LogP contribution >= 0.6 is 0 Å². The smallest absolute Gasteiger partial charge is 0.416 e. The number of aliphatic hydroxyl groups is 1. The summed E-state index contributed by atoms with van der Waals surface area (Å²) in [5.74, 6) is -0.822. The third-order valence-electron chi connectivity index (χ3n) is 4.24. The summed E-state index contributed by atoms with van der Waals surface area (Å²) >= 11 is 0. The van der Waals surface area contributed by atoms with Gasteiger partial charge in [-0.3, -0.25) is 0 Å². The lowest BCUT2D eigenvalue weighted by molar-refractivity contribution is -0.137. The quantitative estimate of drug-likeness (QED) is 0.603. The van der Waals surface area contributed by atoms with Gasteiger partial charge in [-0.1, -0.05) is 60.7 Å². The van der Waals surface area contributed by atoms with Gasteiger partial charge in [-0.25, -0.2) is 4.79 Å². The van der Waals surface area contributed by atoms with Crippen LogP contribution in [0.5, 0.6) is 0 Å². The van der Waals surface area contributed by atoms with Crippen molar-refractivity contribution in [3.63, 3.8) is 0 Å². The van der Waals surface area contributed by atoms with Crippen LogP contribution in [0.1, 0.15) is 39.3 Å². The number of carbonyl (C=O) groups excluding carboxylic acids is 1. The van der Waals surface area contributed by atoms with Gasteiger partial charge in [0.15, 0.2) is 6.10 Å². The number of aliphatic hydroxyl groups excluding tert-OH is 1.